The van der Waals surface area contributed by atoms with Gasteiger partial charge in [-0.25, -0.2) is 0 Å². The summed E-state index contributed by atoms with van der Waals surface area (Å²) in [6.45, 7) is 10.4. The second-order valence-corrected chi connectivity index (χ2v) is 5.91. The van der Waals surface area contributed by atoms with Crippen LogP contribution in [0.4, 0.5) is 0 Å². The van der Waals surface area contributed by atoms with Gasteiger partial charge in [0.2, 0.25) is 0 Å². The Balaban J connectivity index is 4.80. The zero-order valence-corrected chi connectivity index (χ0v) is 14.3. The lowest BCUT2D eigenvalue weighted by Gasteiger charge is -2.35. The minimum atomic E-state index is -0.738. The van der Waals surface area contributed by atoms with Crippen LogP contribution in [0.3, 0.4) is 0 Å². The molecule has 0 fully saturated rings. The number of carboxylic acids is 1. The van der Waals surface area contributed by atoms with Gasteiger partial charge in [-0.15, -0.1) is 0 Å². The number of aliphatic carboxylic acids is 1. The quantitative estimate of drug-likeness (QED) is 0.320. The van der Waals surface area contributed by atoms with E-state index in [-0.39, 0.29) is 5.92 Å². The summed E-state index contributed by atoms with van der Waals surface area (Å²) in [6, 6.07) is 0. The first-order valence-corrected chi connectivity index (χ1v) is 8.43. The molecule has 0 amide bonds. The zero-order chi connectivity index (χ0) is 16.3. The van der Waals surface area contributed by atoms with Crippen LogP contribution in [-0.2, 0) is 4.79 Å². The Morgan fingerprint density at radius 1 is 1.05 bits per heavy atom. The van der Waals surface area contributed by atoms with Gasteiger partial charge in [0, 0.05) is 6.42 Å². The van der Waals surface area contributed by atoms with Crippen LogP contribution in [0.2, 0.25) is 0 Å². The highest BCUT2D eigenvalue weighted by atomic mass is 16.4. The average molecular weight is 300 g/mol. The lowest BCUT2D eigenvalue weighted by molar-refractivity contribution is -0.879. The van der Waals surface area contributed by atoms with Gasteiger partial charge in [0.05, 0.1) is 19.6 Å². The van der Waals surface area contributed by atoms with Crippen LogP contribution in [0, 0.1) is 5.92 Å². The molecule has 0 aromatic rings. The van der Waals surface area contributed by atoms with E-state index in [1.54, 1.807) is 0 Å². The summed E-state index contributed by atoms with van der Waals surface area (Å²) in [6.07, 6.45) is 7.73. The van der Waals surface area contributed by atoms with E-state index in [0.717, 1.165) is 25.9 Å². The van der Waals surface area contributed by atoms with Gasteiger partial charge in [-0.05, 0) is 26.7 Å². The SMILES string of the molecule is CCCCCC/C(O)=C/[N+](CC)(CC)CC(CC)C(=O)O. The monoisotopic (exact) mass is 300 g/mol. The third-order valence-electron chi connectivity index (χ3n) is 4.39. The van der Waals surface area contributed by atoms with Crippen molar-refractivity contribution in [2.75, 3.05) is 19.6 Å². The number of allylic oxidation sites excluding steroid dienone is 1. The summed E-state index contributed by atoms with van der Waals surface area (Å²) < 4.78 is 0.546. The molecule has 4 nitrogen and oxygen atoms in total. The summed E-state index contributed by atoms with van der Waals surface area (Å²) >= 11 is 0. The van der Waals surface area contributed by atoms with Gasteiger partial charge < -0.3 is 10.2 Å². The predicted molar refractivity (Wildman–Crippen MR) is 87.1 cm³/mol. The number of rotatable bonds is 12. The number of hydrogen-bond donors (Lipinski definition) is 2. The first-order chi connectivity index (χ1) is 9.94. The molecule has 0 rings (SSSR count). The molecule has 2 N–H and O–H groups in total. The van der Waals surface area contributed by atoms with Gasteiger partial charge in [-0.2, -0.15) is 0 Å². The standard InChI is InChI=1S/C17H33NO3/c1-5-9-10-11-12-16(19)14-18(7-3,8-4)13-15(6-2)17(20)21/h14-15H,5-13H2,1-4H3,(H-,19,20,21)/p+1/b16-14-. The number of carbonyl (C=O) groups is 1. The van der Waals surface area contributed by atoms with E-state index in [4.69, 9.17) is 0 Å². The van der Waals surface area contributed by atoms with E-state index in [0.29, 0.717) is 29.6 Å². The molecule has 1 atom stereocenters. The molecule has 0 saturated carbocycles. The largest absolute Gasteiger partial charge is 0.507 e. The Hall–Kier alpha value is -1.03. The Labute approximate surface area is 130 Å². The molecule has 0 spiro atoms. The van der Waals surface area contributed by atoms with Gasteiger partial charge in [0.15, 0.2) is 0 Å². The maximum absolute atomic E-state index is 11.3. The highest BCUT2D eigenvalue weighted by Gasteiger charge is 2.30. The van der Waals surface area contributed by atoms with E-state index >= 15 is 0 Å². The number of nitrogens with zero attached hydrogens (tertiary/aromatic N) is 1. The number of aliphatic hydroxyl groups excluding tert-OH is 1. The van der Waals surface area contributed by atoms with Crippen LogP contribution in [-0.4, -0.2) is 40.3 Å². The van der Waals surface area contributed by atoms with E-state index in [1.165, 1.54) is 12.8 Å². The number of quaternary nitrogens is 1. The Morgan fingerprint density at radius 3 is 2.10 bits per heavy atom. The molecular weight excluding hydrogens is 266 g/mol. The number of unbranched alkanes of at least 4 members (excludes halogenated alkanes) is 3. The van der Waals surface area contributed by atoms with Crippen molar-refractivity contribution in [2.24, 2.45) is 5.92 Å². The minimum absolute atomic E-state index is 0.353. The lowest BCUT2D eigenvalue weighted by Crippen LogP contribution is -2.47. The second-order valence-electron chi connectivity index (χ2n) is 5.91. The van der Waals surface area contributed by atoms with Crippen molar-refractivity contribution in [3.63, 3.8) is 0 Å². The van der Waals surface area contributed by atoms with Crippen molar-refractivity contribution in [2.45, 2.75) is 66.2 Å². The van der Waals surface area contributed by atoms with E-state index in [1.807, 2.05) is 13.1 Å². The molecule has 0 aromatic carbocycles. The van der Waals surface area contributed by atoms with Gasteiger partial charge in [0.1, 0.15) is 17.9 Å². The van der Waals surface area contributed by atoms with Gasteiger partial charge in [-0.3, -0.25) is 9.28 Å². The number of carboxylic acid groups (broad SMARTS) is 1. The minimum Gasteiger partial charge on any atom is -0.507 e. The van der Waals surface area contributed by atoms with E-state index in [2.05, 4.69) is 20.8 Å². The molecule has 0 heterocycles. The zero-order valence-electron chi connectivity index (χ0n) is 14.3. The normalized spacial score (nSPS) is 14.2. The second kappa shape index (κ2) is 10.7. The fourth-order valence-electron chi connectivity index (χ4n) is 2.65. The predicted octanol–water partition coefficient (Wildman–Crippen LogP) is 4.32. The van der Waals surface area contributed by atoms with Gasteiger partial charge >= 0.3 is 5.97 Å². The lowest BCUT2D eigenvalue weighted by atomic mass is 10.0. The van der Waals surface area contributed by atoms with Crippen LogP contribution >= 0.6 is 0 Å². The maximum Gasteiger partial charge on any atom is 0.312 e. The Kier molecular flexibility index (Phi) is 10.1. The van der Waals surface area contributed by atoms with E-state index in [9.17, 15) is 15.0 Å². The Morgan fingerprint density at radius 2 is 1.67 bits per heavy atom. The van der Waals surface area contributed by atoms with Crippen LogP contribution in [0.15, 0.2) is 12.0 Å². The summed E-state index contributed by atoms with van der Waals surface area (Å²) in [5.41, 5.74) is 0. The number of aliphatic hydroxyl groups is 1. The summed E-state index contributed by atoms with van der Waals surface area (Å²) in [7, 11) is 0. The first kappa shape index (κ1) is 20.0. The fraction of sp³-hybridized carbons (Fsp3) is 0.824. The molecule has 0 aliphatic carbocycles. The molecule has 124 valence electrons. The van der Waals surface area contributed by atoms with Crippen LogP contribution in [0.5, 0.6) is 0 Å². The summed E-state index contributed by atoms with van der Waals surface area (Å²) in [5.74, 6) is -0.679. The Bertz CT molecular complexity index is 322. The summed E-state index contributed by atoms with van der Waals surface area (Å²) in [4.78, 5) is 11.3. The number of hydrogen-bond acceptors (Lipinski definition) is 2. The summed E-state index contributed by atoms with van der Waals surface area (Å²) in [5, 5.41) is 19.4. The third kappa shape index (κ3) is 7.51. The molecule has 1 unspecified atom stereocenters. The van der Waals surface area contributed by atoms with Gasteiger partial charge in [-0.1, -0.05) is 33.1 Å². The van der Waals surface area contributed by atoms with E-state index < -0.39 is 5.97 Å². The van der Waals surface area contributed by atoms with Gasteiger partial charge in [0.25, 0.3) is 0 Å². The maximum atomic E-state index is 11.3. The van der Waals surface area contributed by atoms with Crippen molar-refractivity contribution in [3.05, 3.63) is 12.0 Å². The molecule has 0 aromatic heterocycles. The molecule has 0 bridgehead atoms. The first-order valence-electron chi connectivity index (χ1n) is 8.43. The van der Waals surface area contributed by atoms with Crippen molar-refractivity contribution >= 4 is 5.97 Å². The van der Waals surface area contributed by atoms with Crippen LogP contribution in [0.25, 0.3) is 0 Å². The molecule has 0 aliphatic rings. The third-order valence-corrected chi connectivity index (χ3v) is 4.39. The van der Waals surface area contributed by atoms with Crippen LogP contribution < -0.4 is 0 Å². The molecule has 21 heavy (non-hydrogen) atoms. The topological polar surface area (TPSA) is 57.5 Å². The van der Waals surface area contributed by atoms with Crippen molar-refractivity contribution in [1.82, 2.24) is 0 Å². The van der Waals surface area contributed by atoms with Crippen molar-refractivity contribution < 1.29 is 19.5 Å². The van der Waals surface area contributed by atoms with Crippen molar-refractivity contribution in [1.29, 1.82) is 0 Å². The highest BCUT2D eigenvalue weighted by Crippen LogP contribution is 2.19. The van der Waals surface area contributed by atoms with Crippen molar-refractivity contribution in [3.8, 4) is 0 Å². The molecular formula is C17H34NO3+. The highest BCUT2D eigenvalue weighted by molar-refractivity contribution is 5.69. The smallest absolute Gasteiger partial charge is 0.312 e. The fourth-order valence-corrected chi connectivity index (χ4v) is 2.65. The molecule has 4 heteroatoms. The average Bonchev–Trinajstić information content (AvgIpc) is 2.47. The van der Waals surface area contributed by atoms with Crippen LogP contribution in [0.1, 0.15) is 66.2 Å². The molecule has 0 radical (unpaired) electrons. The molecule has 0 saturated heterocycles. The molecule has 0 aliphatic heterocycles.